The monoisotopic (exact) mass is 650 g/mol. The van der Waals surface area contributed by atoms with E-state index in [0.29, 0.717) is 22.3 Å². The Labute approximate surface area is 276 Å². The largest absolute Gasteiger partial charge is 0.497 e. The Morgan fingerprint density at radius 3 is 2.48 bits per heavy atom. The summed E-state index contributed by atoms with van der Waals surface area (Å²) in [5.41, 5.74) is 7.05. The van der Waals surface area contributed by atoms with Crippen LogP contribution < -0.4 is 10.1 Å². The molecule has 3 aromatic carbocycles. The molecule has 0 radical (unpaired) electrons. The average molecular weight is 651 g/mol. The van der Waals surface area contributed by atoms with Crippen molar-refractivity contribution in [3.8, 4) is 11.4 Å². The average Bonchev–Trinajstić information content (AvgIpc) is 3.85. The van der Waals surface area contributed by atoms with Crippen LogP contribution in [0, 0.1) is 20.8 Å². The van der Waals surface area contributed by atoms with Gasteiger partial charge in [0.05, 0.1) is 41.7 Å². The van der Waals surface area contributed by atoms with E-state index in [-0.39, 0.29) is 30.2 Å². The molecule has 1 aliphatic heterocycles. The second kappa shape index (κ2) is 13.7. The van der Waals surface area contributed by atoms with E-state index < -0.39 is 0 Å². The Morgan fingerprint density at radius 2 is 1.76 bits per heavy atom. The number of hydrogen-bond donors (Lipinski definition) is 1. The number of aromatic nitrogens is 3. The maximum Gasteiger partial charge on any atom is 0.261 e. The summed E-state index contributed by atoms with van der Waals surface area (Å²) < 4.78 is 7.26. The second-order valence-electron chi connectivity index (χ2n) is 11.0. The van der Waals surface area contributed by atoms with Crippen molar-refractivity contribution in [1.82, 2.24) is 25.1 Å². The Kier molecular flexibility index (Phi) is 9.32. The summed E-state index contributed by atoms with van der Waals surface area (Å²) in [6.45, 7) is 6.33. The van der Waals surface area contributed by atoms with Gasteiger partial charge in [0.25, 0.3) is 11.8 Å². The van der Waals surface area contributed by atoms with E-state index in [1.807, 2.05) is 66.3 Å². The van der Waals surface area contributed by atoms with Gasteiger partial charge in [0, 0.05) is 6.42 Å². The van der Waals surface area contributed by atoms with Crippen LogP contribution in [0.3, 0.4) is 0 Å². The number of nitrogens with zero attached hydrogens (tertiary/aromatic N) is 5. The SMILES string of the molecule is COc1ccc(C2=NN(C(=O)CSc3nnc(CNC(=O)c4cccs4)n3-c3cccc(C)c3C)[C@H](c3ccc(C)cc3)C2)cc1. The van der Waals surface area contributed by atoms with Crippen LogP contribution in [0.15, 0.2) is 94.5 Å². The quantitative estimate of drug-likeness (QED) is 0.170. The number of amides is 2. The van der Waals surface area contributed by atoms with Crippen LogP contribution in [0.1, 0.15) is 55.8 Å². The van der Waals surface area contributed by atoms with Crippen LogP contribution in [0.2, 0.25) is 0 Å². The molecule has 0 aliphatic carbocycles. The lowest BCUT2D eigenvalue weighted by molar-refractivity contribution is -0.130. The molecule has 1 atom stereocenters. The molecule has 5 aromatic rings. The van der Waals surface area contributed by atoms with Crippen molar-refractivity contribution in [2.45, 2.75) is 44.9 Å². The number of thioether (sulfide) groups is 1. The van der Waals surface area contributed by atoms with E-state index in [4.69, 9.17) is 9.84 Å². The first-order chi connectivity index (χ1) is 22.3. The Hall–Kier alpha value is -4.74. The standard InChI is InChI=1S/C35H34N6O3S2/c1-22-10-12-26(13-11-22)30-19-28(25-14-16-27(44-4)17-15-25)39-41(30)33(42)21-46-35-38-37-32(20-36-34(43)31-9-6-18-45-31)40(35)29-8-5-7-23(2)24(29)3/h5-18,30H,19-21H2,1-4H3,(H,36,43)/t30-/m0/s1. The van der Waals surface area contributed by atoms with Crippen LogP contribution in [0.4, 0.5) is 0 Å². The zero-order valence-electron chi connectivity index (χ0n) is 26.1. The molecule has 2 amide bonds. The molecule has 1 aliphatic rings. The molecule has 11 heteroatoms. The van der Waals surface area contributed by atoms with Gasteiger partial charge in [0.1, 0.15) is 5.75 Å². The molecular weight excluding hydrogens is 617 g/mol. The maximum atomic E-state index is 13.9. The molecule has 2 aromatic heterocycles. The van der Waals surface area contributed by atoms with Crippen molar-refractivity contribution >= 4 is 40.6 Å². The summed E-state index contributed by atoms with van der Waals surface area (Å²) in [5, 5.41) is 20.8. The van der Waals surface area contributed by atoms with Crippen LogP contribution in [0.25, 0.3) is 5.69 Å². The Morgan fingerprint density at radius 1 is 0.978 bits per heavy atom. The summed E-state index contributed by atoms with van der Waals surface area (Å²) in [4.78, 5) is 27.3. The summed E-state index contributed by atoms with van der Waals surface area (Å²) in [5.74, 6) is 1.14. The zero-order chi connectivity index (χ0) is 32.2. The molecule has 3 heterocycles. The van der Waals surface area contributed by atoms with Crippen molar-refractivity contribution < 1.29 is 14.3 Å². The number of methoxy groups -OCH3 is 1. The predicted octanol–water partition coefficient (Wildman–Crippen LogP) is 6.66. The van der Waals surface area contributed by atoms with Crippen molar-refractivity contribution in [3.05, 3.63) is 123 Å². The van der Waals surface area contributed by atoms with Crippen molar-refractivity contribution in [1.29, 1.82) is 0 Å². The van der Waals surface area contributed by atoms with Gasteiger partial charge in [-0.1, -0.05) is 59.8 Å². The van der Waals surface area contributed by atoms with Gasteiger partial charge in [0.2, 0.25) is 0 Å². The highest BCUT2D eigenvalue weighted by atomic mass is 32.2. The first-order valence-electron chi connectivity index (χ1n) is 14.9. The van der Waals surface area contributed by atoms with E-state index in [1.165, 1.54) is 23.1 Å². The fourth-order valence-corrected chi connectivity index (χ4v) is 6.78. The number of ether oxygens (including phenoxy) is 1. The first kappa shape index (κ1) is 31.3. The summed E-state index contributed by atoms with van der Waals surface area (Å²) in [6.07, 6.45) is 0.596. The molecule has 6 rings (SSSR count). The number of rotatable bonds is 10. The number of thiophene rings is 1. The normalized spacial score (nSPS) is 14.3. The van der Waals surface area contributed by atoms with Crippen LogP contribution in [0.5, 0.6) is 5.75 Å². The molecule has 234 valence electrons. The minimum Gasteiger partial charge on any atom is -0.497 e. The third-order valence-electron chi connectivity index (χ3n) is 8.05. The van der Waals surface area contributed by atoms with E-state index in [0.717, 1.165) is 45.0 Å². The summed E-state index contributed by atoms with van der Waals surface area (Å²) >= 11 is 2.69. The fourth-order valence-electron chi connectivity index (χ4n) is 5.32. The predicted molar refractivity (Wildman–Crippen MR) is 182 cm³/mol. The molecule has 46 heavy (non-hydrogen) atoms. The van der Waals surface area contributed by atoms with Crippen molar-refractivity contribution in [2.24, 2.45) is 5.10 Å². The number of hydrazone groups is 1. The third-order valence-corrected chi connectivity index (χ3v) is 9.83. The minimum atomic E-state index is -0.231. The zero-order valence-corrected chi connectivity index (χ0v) is 27.7. The lowest BCUT2D eigenvalue weighted by Gasteiger charge is -2.22. The number of benzene rings is 3. The lowest BCUT2D eigenvalue weighted by atomic mass is 9.97. The van der Waals surface area contributed by atoms with Gasteiger partial charge in [-0.15, -0.1) is 21.5 Å². The highest BCUT2D eigenvalue weighted by molar-refractivity contribution is 7.99. The molecule has 0 unspecified atom stereocenters. The topological polar surface area (TPSA) is 102 Å². The van der Waals surface area contributed by atoms with Crippen molar-refractivity contribution in [2.75, 3.05) is 12.9 Å². The summed E-state index contributed by atoms with van der Waals surface area (Å²) in [7, 11) is 1.64. The number of nitrogens with one attached hydrogen (secondary N) is 1. The van der Waals surface area contributed by atoms with Crippen LogP contribution in [-0.2, 0) is 11.3 Å². The fraction of sp³-hybridized carbons (Fsp3) is 0.229. The van der Waals surface area contributed by atoms with Gasteiger partial charge in [-0.3, -0.25) is 14.2 Å². The number of hydrogen-bond acceptors (Lipinski definition) is 8. The third kappa shape index (κ3) is 6.61. The van der Waals surface area contributed by atoms with Gasteiger partial charge in [-0.25, -0.2) is 5.01 Å². The Bertz CT molecular complexity index is 1880. The molecule has 0 saturated heterocycles. The van der Waals surface area contributed by atoms with E-state index in [9.17, 15) is 9.59 Å². The van der Waals surface area contributed by atoms with Gasteiger partial charge < -0.3 is 10.1 Å². The molecule has 0 spiro atoms. The van der Waals surface area contributed by atoms with E-state index in [1.54, 1.807) is 18.2 Å². The van der Waals surface area contributed by atoms with E-state index in [2.05, 4.69) is 52.8 Å². The van der Waals surface area contributed by atoms with Crippen LogP contribution >= 0.6 is 23.1 Å². The summed E-state index contributed by atoms with van der Waals surface area (Å²) in [6, 6.07) is 25.4. The molecular formula is C35H34N6O3S2. The molecule has 1 N–H and O–H groups in total. The van der Waals surface area contributed by atoms with Crippen LogP contribution in [-0.4, -0.2) is 50.2 Å². The van der Waals surface area contributed by atoms with Gasteiger partial charge in [0.15, 0.2) is 11.0 Å². The van der Waals surface area contributed by atoms with Crippen molar-refractivity contribution in [3.63, 3.8) is 0 Å². The second-order valence-corrected chi connectivity index (χ2v) is 12.9. The molecule has 0 bridgehead atoms. The van der Waals surface area contributed by atoms with Gasteiger partial charge >= 0.3 is 0 Å². The smallest absolute Gasteiger partial charge is 0.261 e. The number of carbonyl (C=O) groups excluding carboxylic acids is 2. The van der Waals surface area contributed by atoms with Gasteiger partial charge in [-0.05, 0) is 84.8 Å². The Balaban J connectivity index is 1.27. The first-order valence-corrected chi connectivity index (χ1v) is 16.7. The number of aryl methyl sites for hydroxylation is 2. The molecule has 9 nitrogen and oxygen atoms in total. The maximum absolute atomic E-state index is 13.9. The minimum absolute atomic E-state index is 0.103. The number of carbonyl (C=O) groups is 2. The lowest BCUT2D eigenvalue weighted by Crippen LogP contribution is -2.28. The molecule has 0 fully saturated rings. The highest BCUT2D eigenvalue weighted by Crippen LogP contribution is 2.35. The highest BCUT2D eigenvalue weighted by Gasteiger charge is 2.33. The van der Waals surface area contributed by atoms with Gasteiger partial charge in [-0.2, -0.15) is 5.10 Å². The van der Waals surface area contributed by atoms with E-state index >= 15 is 0 Å². The molecule has 0 saturated carbocycles.